The highest BCUT2D eigenvalue weighted by molar-refractivity contribution is 5.97. The number of nitrogens with one attached hydrogen (secondary N) is 1. The number of aliphatic imine (C=N–C) groups is 1. The molecule has 8 heteroatoms. The van der Waals surface area contributed by atoms with Gasteiger partial charge in [0.1, 0.15) is 5.75 Å². The lowest BCUT2D eigenvalue weighted by atomic mass is 10.1. The van der Waals surface area contributed by atoms with Crippen molar-refractivity contribution in [1.29, 1.82) is 0 Å². The molecule has 3 rings (SSSR count). The van der Waals surface area contributed by atoms with E-state index in [4.69, 9.17) is 14.2 Å². The predicted molar refractivity (Wildman–Crippen MR) is 113 cm³/mol. The van der Waals surface area contributed by atoms with E-state index >= 15 is 0 Å². The molecule has 1 aromatic carbocycles. The number of rotatable bonds is 9. The average molecular weight is 405 g/mol. The largest absolute Gasteiger partial charge is 0.482 e. The van der Waals surface area contributed by atoms with Crippen LogP contribution in [0.4, 0.5) is 5.69 Å². The lowest BCUT2D eigenvalue weighted by Gasteiger charge is -2.29. The highest BCUT2D eigenvalue weighted by atomic mass is 16.5. The summed E-state index contributed by atoms with van der Waals surface area (Å²) in [5.74, 6) is 2.21. The van der Waals surface area contributed by atoms with Gasteiger partial charge in [-0.1, -0.05) is 12.1 Å². The van der Waals surface area contributed by atoms with Crippen LogP contribution in [-0.4, -0.2) is 83.5 Å². The van der Waals surface area contributed by atoms with E-state index in [-0.39, 0.29) is 12.5 Å². The molecule has 0 radical (unpaired) electrons. The second kappa shape index (κ2) is 11.0. The molecule has 1 saturated heterocycles. The third-order valence-corrected chi connectivity index (χ3v) is 5.23. The summed E-state index contributed by atoms with van der Waals surface area (Å²) in [6.45, 7) is 5.47. The van der Waals surface area contributed by atoms with Gasteiger partial charge < -0.3 is 29.3 Å². The first-order valence-electron chi connectivity index (χ1n) is 10.3. The van der Waals surface area contributed by atoms with Gasteiger partial charge in [0, 0.05) is 46.3 Å². The Hall–Kier alpha value is -2.32. The number of carbonyl (C=O) groups excluding carboxylic acids is 1. The molecular weight excluding hydrogens is 372 g/mol. The summed E-state index contributed by atoms with van der Waals surface area (Å²) in [5, 5.41) is 3.43. The molecule has 2 aliphatic rings. The minimum absolute atomic E-state index is 0.00365. The van der Waals surface area contributed by atoms with E-state index in [2.05, 4.69) is 15.2 Å². The summed E-state index contributed by atoms with van der Waals surface area (Å²) in [4.78, 5) is 20.8. The van der Waals surface area contributed by atoms with Crippen molar-refractivity contribution in [2.75, 3.05) is 71.7 Å². The van der Waals surface area contributed by atoms with Gasteiger partial charge in [-0.05, 0) is 25.0 Å². The number of methoxy groups -OCH3 is 1. The van der Waals surface area contributed by atoms with Crippen LogP contribution in [0.3, 0.4) is 0 Å². The van der Waals surface area contributed by atoms with Crippen molar-refractivity contribution in [2.45, 2.75) is 12.8 Å². The molecule has 2 aliphatic heterocycles. The lowest BCUT2D eigenvalue weighted by molar-refractivity contribution is -0.121. The van der Waals surface area contributed by atoms with E-state index in [0.717, 1.165) is 56.5 Å². The summed E-state index contributed by atoms with van der Waals surface area (Å²) < 4.78 is 16.2. The molecule has 29 heavy (non-hydrogen) atoms. The Bertz CT molecular complexity index is 697. The number of carbonyl (C=O) groups is 1. The predicted octanol–water partition coefficient (Wildman–Crippen LogP) is 1.36. The highest BCUT2D eigenvalue weighted by Crippen LogP contribution is 2.31. The normalized spacial score (nSPS) is 19.3. The molecule has 1 N–H and O–H groups in total. The van der Waals surface area contributed by atoms with Crippen molar-refractivity contribution in [3.05, 3.63) is 24.3 Å². The summed E-state index contributed by atoms with van der Waals surface area (Å²) in [7, 11) is 3.50. The quantitative estimate of drug-likeness (QED) is 0.381. The molecule has 1 aromatic rings. The Labute approximate surface area is 172 Å². The highest BCUT2D eigenvalue weighted by Gasteiger charge is 2.26. The third-order valence-electron chi connectivity index (χ3n) is 5.23. The van der Waals surface area contributed by atoms with Crippen LogP contribution in [0.15, 0.2) is 29.3 Å². The van der Waals surface area contributed by atoms with Gasteiger partial charge in [0.25, 0.3) is 5.91 Å². The maximum absolute atomic E-state index is 12.2. The Kier molecular flexibility index (Phi) is 8.13. The number of likely N-dealkylation sites (tertiary alicyclic amines) is 1. The van der Waals surface area contributed by atoms with Gasteiger partial charge in [0.2, 0.25) is 0 Å². The number of hydrogen-bond acceptors (Lipinski definition) is 5. The number of fused-ring (bicyclic) bond motifs is 1. The lowest BCUT2D eigenvalue weighted by Crippen LogP contribution is -2.43. The number of para-hydroxylation sites is 2. The van der Waals surface area contributed by atoms with Crippen LogP contribution < -0.4 is 15.0 Å². The van der Waals surface area contributed by atoms with Crippen LogP contribution in [0.5, 0.6) is 5.75 Å². The van der Waals surface area contributed by atoms with E-state index in [1.165, 1.54) is 0 Å². The molecular formula is C21H32N4O4. The molecule has 8 nitrogen and oxygen atoms in total. The number of benzene rings is 1. The standard InChI is InChI=1S/C21H32N4O4/c1-22-21(24-11-8-17(14-24)15-28-13-12-27-2)23-9-5-10-25-18-6-3-4-7-19(18)29-16-20(25)26/h3-4,6-7,17H,5,8-16H2,1-2H3,(H,22,23). The first kappa shape index (κ1) is 21.4. The Balaban J connectivity index is 1.40. The van der Waals surface area contributed by atoms with Crippen LogP contribution in [0.1, 0.15) is 12.8 Å². The molecule has 2 heterocycles. The first-order valence-corrected chi connectivity index (χ1v) is 10.3. The number of guanidine groups is 1. The molecule has 1 amide bonds. The van der Waals surface area contributed by atoms with Crippen LogP contribution in [0, 0.1) is 5.92 Å². The van der Waals surface area contributed by atoms with Crippen molar-refractivity contribution in [3.63, 3.8) is 0 Å². The fourth-order valence-electron chi connectivity index (χ4n) is 3.72. The second-order valence-electron chi connectivity index (χ2n) is 7.30. The molecule has 1 fully saturated rings. The minimum atomic E-state index is 0.00365. The van der Waals surface area contributed by atoms with E-state index < -0.39 is 0 Å². The van der Waals surface area contributed by atoms with Crippen LogP contribution in [0.2, 0.25) is 0 Å². The molecule has 0 saturated carbocycles. The maximum atomic E-state index is 12.2. The van der Waals surface area contributed by atoms with Crippen LogP contribution in [0.25, 0.3) is 0 Å². The molecule has 160 valence electrons. The number of ether oxygens (including phenoxy) is 3. The molecule has 0 aromatic heterocycles. The molecule has 1 unspecified atom stereocenters. The zero-order chi connectivity index (χ0) is 20.5. The fourth-order valence-corrected chi connectivity index (χ4v) is 3.72. The van der Waals surface area contributed by atoms with Crippen LogP contribution in [-0.2, 0) is 14.3 Å². The maximum Gasteiger partial charge on any atom is 0.265 e. The first-order chi connectivity index (χ1) is 14.2. The van der Waals surface area contributed by atoms with Gasteiger partial charge in [-0.15, -0.1) is 0 Å². The van der Waals surface area contributed by atoms with E-state index in [9.17, 15) is 4.79 Å². The molecule has 0 spiro atoms. The minimum Gasteiger partial charge on any atom is -0.482 e. The average Bonchev–Trinajstić information content (AvgIpc) is 3.21. The van der Waals surface area contributed by atoms with E-state index in [1.807, 2.05) is 36.2 Å². The number of nitrogens with zero attached hydrogens (tertiary/aromatic N) is 3. The summed E-state index contributed by atoms with van der Waals surface area (Å²) in [6, 6.07) is 7.68. The number of hydrogen-bond donors (Lipinski definition) is 1. The Morgan fingerprint density at radius 1 is 1.34 bits per heavy atom. The van der Waals surface area contributed by atoms with Gasteiger partial charge in [-0.3, -0.25) is 9.79 Å². The summed E-state index contributed by atoms with van der Waals surface area (Å²) in [6.07, 6.45) is 1.93. The zero-order valence-corrected chi connectivity index (χ0v) is 17.4. The monoisotopic (exact) mass is 404 g/mol. The summed E-state index contributed by atoms with van der Waals surface area (Å²) in [5.41, 5.74) is 0.851. The number of anilines is 1. The van der Waals surface area contributed by atoms with Gasteiger partial charge >= 0.3 is 0 Å². The van der Waals surface area contributed by atoms with Crippen molar-refractivity contribution >= 4 is 17.6 Å². The summed E-state index contributed by atoms with van der Waals surface area (Å²) >= 11 is 0. The van der Waals surface area contributed by atoms with Gasteiger partial charge in [-0.2, -0.15) is 0 Å². The SMILES string of the molecule is CN=C(NCCCN1C(=O)COc2ccccc21)N1CCC(COCCOC)C1. The second-order valence-corrected chi connectivity index (χ2v) is 7.30. The Morgan fingerprint density at radius 3 is 3.03 bits per heavy atom. The van der Waals surface area contributed by atoms with Crippen LogP contribution >= 0.6 is 0 Å². The van der Waals surface area contributed by atoms with Gasteiger partial charge in [0.15, 0.2) is 12.6 Å². The smallest absolute Gasteiger partial charge is 0.265 e. The van der Waals surface area contributed by atoms with E-state index in [1.54, 1.807) is 7.11 Å². The third kappa shape index (κ3) is 5.83. The van der Waals surface area contributed by atoms with Gasteiger partial charge in [0.05, 0.1) is 25.5 Å². The van der Waals surface area contributed by atoms with Gasteiger partial charge in [-0.25, -0.2) is 0 Å². The number of amides is 1. The topological polar surface area (TPSA) is 75.6 Å². The van der Waals surface area contributed by atoms with Crippen molar-refractivity contribution in [1.82, 2.24) is 10.2 Å². The fraction of sp³-hybridized carbons (Fsp3) is 0.619. The van der Waals surface area contributed by atoms with Crippen molar-refractivity contribution in [3.8, 4) is 5.75 Å². The van der Waals surface area contributed by atoms with E-state index in [0.29, 0.717) is 25.7 Å². The van der Waals surface area contributed by atoms with Crippen molar-refractivity contribution < 1.29 is 19.0 Å². The zero-order valence-electron chi connectivity index (χ0n) is 17.4. The Morgan fingerprint density at radius 2 is 2.21 bits per heavy atom. The van der Waals surface area contributed by atoms with Crippen molar-refractivity contribution in [2.24, 2.45) is 10.9 Å². The molecule has 0 bridgehead atoms. The molecule has 0 aliphatic carbocycles. The molecule has 1 atom stereocenters.